The summed E-state index contributed by atoms with van der Waals surface area (Å²) in [6.45, 7) is 7.72. The van der Waals surface area contributed by atoms with E-state index in [0.717, 1.165) is 19.6 Å². The maximum absolute atomic E-state index is 3.63. The lowest BCUT2D eigenvalue weighted by Crippen LogP contribution is -2.31. The van der Waals surface area contributed by atoms with E-state index >= 15 is 0 Å². The van der Waals surface area contributed by atoms with Crippen molar-refractivity contribution < 1.29 is 0 Å². The highest BCUT2D eigenvalue weighted by molar-refractivity contribution is 7.10. The molecule has 2 nitrogen and oxygen atoms in total. The SMILES string of the molecule is CN1CCc2cc(CNCC(C)(C)c3cccs3)ccc21. The minimum absolute atomic E-state index is 0.200. The van der Waals surface area contributed by atoms with Crippen LogP contribution in [0.4, 0.5) is 5.69 Å². The van der Waals surface area contributed by atoms with E-state index in [4.69, 9.17) is 0 Å². The molecule has 0 spiro atoms. The Balaban J connectivity index is 1.59. The molecule has 112 valence electrons. The largest absolute Gasteiger partial charge is 0.374 e. The highest BCUT2D eigenvalue weighted by Gasteiger charge is 2.21. The Labute approximate surface area is 131 Å². The number of hydrogen-bond acceptors (Lipinski definition) is 3. The van der Waals surface area contributed by atoms with Gasteiger partial charge in [0.1, 0.15) is 0 Å². The molecule has 0 saturated heterocycles. The van der Waals surface area contributed by atoms with Gasteiger partial charge in [-0.1, -0.05) is 32.0 Å². The van der Waals surface area contributed by atoms with Crippen LogP contribution < -0.4 is 10.2 Å². The highest BCUT2D eigenvalue weighted by Crippen LogP contribution is 2.28. The molecule has 3 rings (SSSR count). The summed E-state index contributed by atoms with van der Waals surface area (Å²) in [7, 11) is 2.17. The molecule has 1 aliphatic heterocycles. The molecule has 0 atom stereocenters. The van der Waals surface area contributed by atoms with E-state index in [1.165, 1.54) is 28.1 Å². The fraction of sp³-hybridized carbons (Fsp3) is 0.444. The van der Waals surface area contributed by atoms with Crippen LogP contribution in [0, 0.1) is 0 Å². The topological polar surface area (TPSA) is 15.3 Å². The fourth-order valence-corrected chi connectivity index (χ4v) is 3.85. The summed E-state index contributed by atoms with van der Waals surface area (Å²) in [5.74, 6) is 0. The van der Waals surface area contributed by atoms with Crippen molar-refractivity contribution in [1.29, 1.82) is 0 Å². The molecule has 1 aromatic carbocycles. The van der Waals surface area contributed by atoms with Gasteiger partial charge in [0.15, 0.2) is 0 Å². The molecule has 0 amide bonds. The van der Waals surface area contributed by atoms with Crippen LogP contribution in [0.25, 0.3) is 0 Å². The second-order valence-electron chi connectivity index (χ2n) is 6.60. The average Bonchev–Trinajstić information content (AvgIpc) is 3.09. The van der Waals surface area contributed by atoms with Crippen molar-refractivity contribution in [3.63, 3.8) is 0 Å². The minimum atomic E-state index is 0.200. The van der Waals surface area contributed by atoms with Gasteiger partial charge in [-0.3, -0.25) is 0 Å². The maximum Gasteiger partial charge on any atom is 0.0397 e. The van der Waals surface area contributed by atoms with Crippen LogP contribution in [0.2, 0.25) is 0 Å². The number of nitrogens with zero attached hydrogens (tertiary/aromatic N) is 1. The van der Waals surface area contributed by atoms with Gasteiger partial charge in [-0.15, -0.1) is 11.3 Å². The first-order chi connectivity index (χ1) is 10.1. The van der Waals surface area contributed by atoms with E-state index in [-0.39, 0.29) is 5.41 Å². The van der Waals surface area contributed by atoms with Gasteiger partial charge in [-0.2, -0.15) is 0 Å². The minimum Gasteiger partial charge on any atom is -0.374 e. The number of nitrogens with one attached hydrogen (secondary N) is 1. The smallest absolute Gasteiger partial charge is 0.0397 e. The summed E-state index contributed by atoms with van der Waals surface area (Å²) in [6.07, 6.45) is 1.18. The lowest BCUT2D eigenvalue weighted by Gasteiger charge is -2.24. The summed E-state index contributed by atoms with van der Waals surface area (Å²) >= 11 is 1.85. The van der Waals surface area contributed by atoms with Crippen molar-refractivity contribution in [3.05, 3.63) is 51.7 Å². The second kappa shape index (κ2) is 5.82. The van der Waals surface area contributed by atoms with Crippen LogP contribution in [0.5, 0.6) is 0 Å². The molecule has 2 aromatic rings. The number of anilines is 1. The molecular weight excluding hydrogens is 276 g/mol. The van der Waals surface area contributed by atoms with Crippen LogP contribution >= 0.6 is 11.3 Å². The molecule has 1 aromatic heterocycles. The number of fused-ring (bicyclic) bond motifs is 1. The Bertz CT molecular complexity index is 602. The summed E-state index contributed by atoms with van der Waals surface area (Å²) in [4.78, 5) is 3.79. The van der Waals surface area contributed by atoms with E-state index in [0.29, 0.717) is 0 Å². The molecule has 0 radical (unpaired) electrons. The summed E-state index contributed by atoms with van der Waals surface area (Å²) in [6, 6.07) is 11.3. The first-order valence-electron chi connectivity index (χ1n) is 7.64. The Morgan fingerprint density at radius 1 is 1.29 bits per heavy atom. The van der Waals surface area contributed by atoms with Gasteiger partial charge in [0.05, 0.1) is 0 Å². The van der Waals surface area contributed by atoms with Crippen LogP contribution in [0.1, 0.15) is 29.9 Å². The molecular formula is C18H24N2S. The van der Waals surface area contributed by atoms with Crippen molar-refractivity contribution in [1.82, 2.24) is 5.32 Å². The van der Waals surface area contributed by atoms with E-state index < -0.39 is 0 Å². The van der Waals surface area contributed by atoms with Gasteiger partial charge < -0.3 is 10.2 Å². The standard InChI is InChI=1S/C18H24N2S/c1-18(2,17-5-4-10-21-17)13-19-12-14-6-7-16-15(11-14)8-9-20(16)3/h4-7,10-11,19H,8-9,12-13H2,1-3H3. The molecule has 1 aliphatic rings. The van der Waals surface area contributed by atoms with Crippen molar-refractivity contribution >= 4 is 17.0 Å². The van der Waals surface area contributed by atoms with E-state index in [9.17, 15) is 0 Å². The van der Waals surface area contributed by atoms with Crippen LogP contribution in [-0.2, 0) is 18.4 Å². The Hall–Kier alpha value is -1.32. The summed E-state index contributed by atoms with van der Waals surface area (Å²) in [5, 5.41) is 5.79. The third-order valence-corrected chi connectivity index (χ3v) is 5.59. The quantitative estimate of drug-likeness (QED) is 0.903. The monoisotopic (exact) mass is 300 g/mol. The number of benzene rings is 1. The van der Waals surface area contributed by atoms with E-state index in [1.54, 1.807) is 0 Å². The predicted molar refractivity (Wildman–Crippen MR) is 92.5 cm³/mol. The van der Waals surface area contributed by atoms with Crippen molar-refractivity contribution in [2.75, 3.05) is 25.0 Å². The lowest BCUT2D eigenvalue weighted by molar-refractivity contribution is 0.477. The van der Waals surface area contributed by atoms with Gasteiger partial charge in [0.25, 0.3) is 0 Å². The maximum atomic E-state index is 3.63. The molecule has 0 fully saturated rings. The van der Waals surface area contributed by atoms with Crippen LogP contribution in [0.15, 0.2) is 35.7 Å². The van der Waals surface area contributed by atoms with Gasteiger partial charge in [-0.05, 0) is 35.1 Å². The molecule has 3 heteroatoms. The molecule has 0 unspecified atom stereocenters. The Morgan fingerprint density at radius 2 is 2.14 bits per heavy atom. The van der Waals surface area contributed by atoms with Gasteiger partial charge in [-0.25, -0.2) is 0 Å². The first kappa shape index (κ1) is 14.6. The molecule has 0 bridgehead atoms. The average molecular weight is 300 g/mol. The Morgan fingerprint density at radius 3 is 2.90 bits per heavy atom. The molecule has 0 saturated carbocycles. The highest BCUT2D eigenvalue weighted by atomic mass is 32.1. The number of thiophene rings is 1. The van der Waals surface area contributed by atoms with Crippen molar-refractivity contribution in [3.8, 4) is 0 Å². The number of rotatable bonds is 5. The normalized spacial score (nSPS) is 14.5. The molecule has 0 aliphatic carbocycles. The zero-order chi connectivity index (χ0) is 14.9. The number of likely N-dealkylation sites (N-methyl/N-ethyl adjacent to an activating group) is 1. The molecule has 2 heterocycles. The second-order valence-corrected chi connectivity index (χ2v) is 7.55. The Kier molecular flexibility index (Phi) is 4.05. The van der Waals surface area contributed by atoms with E-state index in [1.807, 2.05) is 11.3 Å². The zero-order valence-corrected chi connectivity index (χ0v) is 14.0. The summed E-state index contributed by atoms with van der Waals surface area (Å²) < 4.78 is 0. The van der Waals surface area contributed by atoms with Gasteiger partial charge in [0, 0.05) is 42.7 Å². The first-order valence-corrected chi connectivity index (χ1v) is 8.52. The lowest BCUT2D eigenvalue weighted by atomic mass is 9.91. The van der Waals surface area contributed by atoms with Crippen molar-refractivity contribution in [2.24, 2.45) is 0 Å². The zero-order valence-electron chi connectivity index (χ0n) is 13.1. The van der Waals surface area contributed by atoms with Gasteiger partial charge >= 0.3 is 0 Å². The van der Waals surface area contributed by atoms with Crippen LogP contribution in [0.3, 0.4) is 0 Å². The molecule has 1 N–H and O–H groups in total. The summed E-state index contributed by atoms with van der Waals surface area (Å²) in [5.41, 5.74) is 4.49. The van der Waals surface area contributed by atoms with E-state index in [2.05, 4.69) is 66.8 Å². The van der Waals surface area contributed by atoms with Crippen LogP contribution in [-0.4, -0.2) is 20.1 Å². The third-order valence-electron chi connectivity index (χ3n) is 4.36. The number of hydrogen-bond donors (Lipinski definition) is 1. The third kappa shape index (κ3) is 3.14. The van der Waals surface area contributed by atoms with Gasteiger partial charge in [0.2, 0.25) is 0 Å². The predicted octanol–water partition coefficient (Wildman–Crippen LogP) is 3.81. The molecule has 21 heavy (non-hydrogen) atoms. The fourth-order valence-electron chi connectivity index (χ4n) is 3.00. The van der Waals surface area contributed by atoms with Crippen molar-refractivity contribution in [2.45, 2.75) is 32.2 Å².